The zero-order valence-corrected chi connectivity index (χ0v) is 12.6. The maximum absolute atomic E-state index is 12.2. The van der Waals surface area contributed by atoms with Gasteiger partial charge in [-0.2, -0.15) is 0 Å². The number of para-hydroxylation sites is 1. The molecule has 1 saturated heterocycles. The number of aromatic carboxylic acids is 1. The Kier molecular flexibility index (Phi) is 4.46. The standard InChI is InChI=1S/C13H14BrN3O4/c14-8-4-1-3-7(12(19)20)10(8)16-13(21)17-6-2-5-9(17)11(15)18/h1,3-4,9H,2,5-6H2,(H2,15,18)(H,16,21)(H,19,20). The molecule has 1 aromatic rings. The summed E-state index contributed by atoms with van der Waals surface area (Å²) >= 11 is 3.21. The molecule has 112 valence electrons. The average molecular weight is 356 g/mol. The monoisotopic (exact) mass is 355 g/mol. The Morgan fingerprint density at radius 1 is 1.38 bits per heavy atom. The second-order valence-corrected chi connectivity index (χ2v) is 5.51. The van der Waals surface area contributed by atoms with E-state index in [1.165, 1.54) is 11.0 Å². The lowest BCUT2D eigenvalue weighted by Gasteiger charge is -2.23. The fourth-order valence-corrected chi connectivity index (χ4v) is 2.78. The highest BCUT2D eigenvalue weighted by atomic mass is 79.9. The van der Waals surface area contributed by atoms with Gasteiger partial charge in [0, 0.05) is 11.0 Å². The van der Waals surface area contributed by atoms with Crippen LogP contribution in [0, 0.1) is 0 Å². The number of carbonyl (C=O) groups is 3. The smallest absolute Gasteiger partial charge is 0.337 e. The molecule has 1 atom stereocenters. The summed E-state index contributed by atoms with van der Waals surface area (Å²) < 4.78 is 0.450. The molecular weight excluding hydrogens is 342 g/mol. The number of nitrogens with zero attached hydrogens (tertiary/aromatic N) is 1. The highest BCUT2D eigenvalue weighted by molar-refractivity contribution is 9.10. The first-order valence-corrected chi connectivity index (χ1v) is 7.10. The molecule has 1 aromatic carbocycles. The van der Waals surface area contributed by atoms with E-state index in [-0.39, 0.29) is 11.3 Å². The highest BCUT2D eigenvalue weighted by Crippen LogP contribution is 2.28. The number of likely N-dealkylation sites (tertiary alicyclic amines) is 1. The molecule has 1 fully saturated rings. The average Bonchev–Trinajstić information content (AvgIpc) is 2.90. The number of carbonyl (C=O) groups excluding carboxylic acids is 2. The third kappa shape index (κ3) is 3.15. The summed E-state index contributed by atoms with van der Waals surface area (Å²) in [6.45, 7) is 0.409. The summed E-state index contributed by atoms with van der Waals surface area (Å²) in [5, 5.41) is 11.7. The molecule has 7 nitrogen and oxygen atoms in total. The van der Waals surface area contributed by atoms with Crippen molar-refractivity contribution in [2.75, 3.05) is 11.9 Å². The molecule has 21 heavy (non-hydrogen) atoms. The van der Waals surface area contributed by atoms with Crippen molar-refractivity contribution in [2.24, 2.45) is 5.73 Å². The van der Waals surface area contributed by atoms with Crippen LogP contribution < -0.4 is 11.1 Å². The Morgan fingerprint density at radius 2 is 2.10 bits per heavy atom. The number of benzene rings is 1. The Morgan fingerprint density at radius 3 is 2.71 bits per heavy atom. The second kappa shape index (κ2) is 6.13. The number of urea groups is 1. The van der Waals surface area contributed by atoms with Crippen LogP contribution in [0.25, 0.3) is 0 Å². The molecule has 1 heterocycles. The fourth-order valence-electron chi connectivity index (χ4n) is 2.31. The van der Waals surface area contributed by atoms with Gasteiger partial charge >= 0.3 is 12.0 Å². The van der Waals surface area contributed by atoms with Crippen LogP contribution in [0.15, 0.2) is 22.7 Å². The third-order valence-electron chi connectivity index (χ3n) is 3.32. The van der Waals surface area contributed by atoms with Crippen molar-refractivity contribution in [1.29, 1.82) is 0 Å². The van der Waals surface area contributed by atoms with E-state index in [1.807, 2.05) is 0 Å². The van der Waals surface area contributed by atoms with Gasteiger partial charge in [-0.05, 0) is 40.9 Å². The Labute approximate surface area is 129 Å². The summed E-state index contributed by atoms with van der Waals surface area (Å²) in [4.78, 5) is 36.1. The molecule has 0 spiro atoms. The molecular formula is C13H14BrN3O4. The number of amides is 3. The summed E-state index contributed by atoms with van der Waals surface area (Å²) in [7, 11) is 0. The maximum atomic E-state index is 12.2. The van der Waals surface area contributed by atoms with Crippen LogP contribution in [-0.4, -0.2) is 40.5 Å². The van der Waals surface area contributed by atoms with Crippen LogP contribution in [0.4, 0.5) is 10.5 Å². The van der Waals surface area contributed by atoms with Gasteiger partial charge in [-0.1, -0.05) is 6.07 Å². The van der Waals surface area contributed by atoms with Gasteiger partial charge in [0.05, 0.1) is 11.3 Å². The molecule has 1 unspecified atom stereocenters. The van der Waals surface area contributed by atoms with Crippen molar-refractivity contribution in [1.82, 2.24) is 4.90 Å². The Bertz CT molecular complexity index is 605. The van der Waals surface area contributed by atoms with E-state index in [0.717, 1.165) is 0 Å². The van der Waals surface area contributed by atoms with Crippen molar-refractivity contribution >= 4 is 39.5 Å². The minimum absolute atomic E-state index is 0.0347. The van der Waals surface area contributed by atoms with Gasteiger partial charge in [0.15, 0.2) is 0 Å². The van der Waals surface area contributed by atoms with E-state index in [4.69, 9.17) is 10.8 Å². The van der Waals surface area contributed by atoms with Gasteiger partial charge in [-0.15, -0.1) is 0 Å². The van der Waals surface area contributed by atoms with Gasteiger partial charge in [-0.3, -0.25) is 4.79 Å². The first-order chi connectivity index (χ1) is 9.91. The highest BCUT2D eigenvalue weighted by Gasteiger charge is 2.33. The van der Waals surface area contributed by atoms with Crippen LogP contribution >= 0.6 is 15.9 Å². The van der Waals surface area contributed by atoms with Crippen molar-refractivity contribution in [3.05, 3.63) is 28.2 Å². The summed E-state index contributed by atoms with van der Waals surface area (Å²) in [5.74, 6) is -1.72. The first-order valence-electron chi connectivity index (χ1n) is 6.30. The zero-order valence-electron chi connectivity index (χ0n) is 11.0. The van der Waals surface area contributed by atoms with Crippen molar-refractivity contribution in [3.63, 3.8) is 0 Å². The van der Waals surface area contributed by atoms with Crippen molar-refractivity contribution in [2.45, 2.75) is 18.9 Å². The van der Waals surface area contributed by atoms with Crippen LogP contribution in [0.3, 0.4) is 0 Å². The van der Waals surface area contributed by atoms with Crippen LogP contribution in [0.5, 0.6) is 0 Å². The molecule has 0 saturated carbocycles. The number of carboxylic acids is 1. The number of primary amides is 1. The molecule has 0 radical (unpaired) electrons. The quantitative estimate of drug-likeness (QED) is 0.764. The number of hydrogen-bond donors (Lipinski definition) is 3. The number of anilines is 1. The topological polar surface area (TPSA) is 113 Å². The fraction of sp³-hybridized carbons (Fsp3) is 0.308. The number of halogens is 1. The van der Waals surface area contributed by atoms with E-state index in [1.54, 1.807) is 12.1 Å². The predicted molar refractivity (Wildman–Crippen MR) is 79.0 cm³/mol. The Hall–Kier alpha value is -2.09. The molecule has 0 aliphatic carbocycles. The van der Waals surface area contributed by atoms with E-state index < -0.39 is 23.9 Å². The number of rotatable bonds is 3. The van der Waals surface area contributed by atoms with Crippen molar-refractivity contribution < 1.29 is 19.5 Å². The molecule has 8 heteroatoms. The van der Waals surface area contributed by atoms with Gasteiger partial charge in [0.25, 0.3) is 0 Å². The van der Waals surface area contributed by atoms with E-state index in [0.29, 0.717) is 23.9 Å². The van der Waals surface area contributed by atoms with Crippen LogP contribution in [0.1, 0.15) is 23.2 Å². The van der Waals surface area contributed by atoms with Gasteiger partial charge in [0.1, 0.15) is 6.04 Å². The largest absolute Gasteiger partial charge is 0.478 e. The predicted octanol–water partition coefficient (Wildman–Crippen LogP) is 1.63. The van der Waals surface area contributed by atoms with E-state index >= 15 is 0 Å². The van der Waals surface area contributed by atoms with Crippen molar-refractivity contribution in [3.8, 4) is 0 Å². The number of nitrogens with one attached hydrogen (secondary N) is 1. The molecule has 3 amide bonds. The number of nitrogens with two attached hydrogens (primary N) is 1. The van der Waals surface area contributed by atoms with Gasteiger partial charge in [0.2, 0.25) is 5.91 Å². The zero-order chi connectivity index (χ0) is 15.6. The summed E-state index contributed by atoms with van der Waals surface area (Å²) in [6.07, 6.45) is 1.20. The first kappa shape index (κ1) is 15.3. The molecule has 2 rings (SSSR count). The lowest BCUT2D eigenvalue weighted by Crippen LogP contribution is -2.45. The lowest BCUT2D eigenvalue weighted by molar-refractivity contribution is -0.121. The SMILES string of the molecule is NC(=O)C1CCCN1C(=O)Nc1c(Br)cccc1C(=O)O. The number of carboxylic acid groups (broad SMARTS) is 1. The normalized spacial score (nSPS) is 17.6. The van der Waals surface area contributed by atoms with Gasteiger partial charge < -0.3 is 21.1 Å². The Balaban J connectivity index is 2.24. The minimum Gasteiger partial charge on any atom is -0.478 e. The van der Waals surface area contributed by atoms with Crippen LogP contribution in [0.2, 0.25) is 0 Å². The van der Waals surface area contributed by atoms with Gasteiger partial charge in [-0.25, -0.2) is 9.59 Å². The van der Waals surface area contributed by atoms with E-state index in [2.05, 4.69) is 21.2 Å². The molecule has 1 aliphatic rings. The molecule has 0 aromatic heterocycles. The molecule has 0 bridgehead atoms. The summed E-state index contributed by atoms with van der Waals surface area (Å²) in [6, 6.07) is 3.38. The summed E-state index contributed by atoms with van der Waals surface area (Å²) in [5.41, 5.74) is 5.39. The number of hydrogen-bond acceptors (Lipinski definition) is 3. The second-order valence-electron chi connectivity index (χ2n) is 4.65. The van der Waals surface area contributed by atoms with E-state index in [9.17, 15) is 14.4 Å². The molecule has 1 aliphatic heterocycles. The lowest BCUT2D eigenvalue weighted by atomic mass is 10.2. The van der Waals surface area contributed by atoms with Crippen LogP contribution in [-0.2, 0) is 4.79 Å². The maximum Gasteiger partial charge on any atom is 0.337 e. The third-order valence-corrected chi connectivity index (χ3v) is 3.98. The molecule has 4 N–H and O–H groups in total. The minimum atomic E-state index is -1.15.